The lowest BCUT2D eigenvalue weighted by atomic mass is 10.0. The van der Waals surface area contributed by atoms with Gasteiger partial charge in [-0.15, -0.1) is 0 Å². The molecule has 0 spiro atoms. The summed E-state index contributed by atoms with van der Waals surface area (Å²) in [5.41, 5.74) is 2.86. The zero-order valence-corrected chi connectivity index (χ0v) is 12.1. The van der Waals surface area contributed by atoms with Crippen molar-refractivity contribution in [2.24, 2.45) is 5.92 Å². The van der Waals surface area contributed by atoms with Gasteiger partial charge in [-0.25, -0.2) is 0 Å². The third-order valence-corrected chi connectivity index (χ3v) is 3.96. The summed E-state index contributed by atoms with van der Waals surface area (Å²) in [5, 5.41) is 6.46. The minimum atomic E-state index is 0.0506. The average Bonchev–Trinajstić information content (AvgIpc) is 2.75. The Balaban J connectivity index is 2.13. The number of anilines is 1. The van der Waals surface area contributed by atoms with E-state index in [1.807, 2.05) is 32.0 Å². The fourth-order valence-electron chi connectivity index (χ4n) is 2.80. The predicted molar refractivity (Wildman–Crippen MR) is 79.6 cm³/mol. The molecular weight excluding hydrogens is 236 g/mol. The van der Waals surface area contributed by atoms with Gasteiger partial charge in [-0.1, -0.05) is 19.4 Å². The number of aryl methyl sites for hydroxylation is 1. The summed E-state index contributed by atoms with van der Waals surface area (Å²) in [6.07, 6.45) is 3.55. The lowest BCUT2D eigenvalue weighted by Crippen LogP contribution is -2.36. The van der Waals surface area contributed by atoms with E-state index in [0.717, 1.165) is 24.2 Å². The molecule has 2 N–H and O–H groups in total. The molecule has 1 aliphatic carbocycles. The van der Waals surface area contributed by atoms with Crippen LogP contribution in [0.25, 0.3) is 0 Å². The predicted octanol–water partition coefficient (Wildman–Crippen LogP) is 3.35. The Kier molecular flexibility index (Phi) is 4.46. The number of nitrogens with one attached hydrogen (secondary N) is 2. The Morgan fingerprint density at radius 2 is 2.16 bits per heavy atom. The zero-order chi connectivity index (χ0) is 13.8. The average molecular weight is 260 g/mol. The van der Waals surface area contributed by atoms with E-state index in [4.69, 9.17) is 0 Å². The van der Waals surface area contributed by atoms with Gasteiger partial charge >= 0.3 is 0 Å². The van der Waals surface area contributed by atoms with Crippen molar-refractivity contribution in [1.82, 2.24) is 5.32 Å². The molecule has 0 aromatic heterocycles. The van der Waals surface area contributed by atoms with Crippen LogP contribution in [0.5, 0.6) is 0 Å². The van der Waals surface area contributed by atoms with Crippen molar-refractivity contribution >= 4 is 11.6 Å². The Hall–Kier alpha value is -1.51. The summed E-state index contributed by atoms with van der Waals surface area (Å²) in [5.74, 6) is 0.645. The Labute approximate surface area is 115 Å². The number of amides is 1. The van der Waals surface area contributed by atoms with Gasteiger partial charge in [0.15, 0.2) is 0 Å². The van der Waals surface area contributed by atoms with Crippen LogP contribution in [0, 0.1) is 12.8 Å². The molecule has 0 saturated heterocycles. The van der Waals surface area contributed by atoms with Crippen LogP contribution in [-0.2, 0) is 0 Å². The number of carbonyl (C=O) groups excluding carboxylic acids is 1. The molecule has 1 saturated carbocycles. The number of hydrogen-bond acceptors (Lipinski definition) is 2. The molecule has 2 atom stereocenters. The molecule has 104 valence electrons. The van der Waals surface area contributed by atoms with Gasteiger partial charge in [-0.05, 0) is 50.3 Å². The van der Waals surface area contributed by atoms with Crippen LogP contribution in [0.15, 0.2) is 18.2 Å². The highest BCUT2D eigenvalue weighted by Crippen LogP contribution is 2.26. The SMILES string of the molecule is CCNc1cc(C)ccc1C(=O)NC1CCCC1C. The highest BCUT2D eigenvalue weighted by molar-refractivity contribution is 5.99. The van der Waals surface area contributed by atoms with E-state index in [-0.39, 0.29) is 5.91 Å². The Bertz CT molecular complexity index is 456. The maximum Gasteiger partial charge on any atom is 0.253 e. The molecule has 3 nitrogen and oxygen atoms in total. The summed E-state index contributed by atoms with van der Waals surface area (Å²) >= 11 is 0. The number of rotatable bonds is 4. The maximum absolute atomic E-state index is 12.4. The third kappa shape index (κ3) is 3.28. The summed E-state index contributed by atoms with van der Waals surface area (Å²) in [6.45, 7) is 7.13. The van der Waals surface area contributed by atoms with Gasteiger partial charge in [-0.3, -0.25) is 4.79 Å². The first-order valence-electron chi connectivity index (χ1n) is 7.27. The first-order valence-corrected chi connectivity index (χ1v) is 7.27. The van der Waals surface area contributed by atoms with Crippen molar-refractivity contribution in [3.63, 3.8) is 0 Å². The summed E-state index contributed by atoms with van der Waals surface area (Å²) in [6, 6.07) is 6.29. The van der Waals surface area contributed by atoms with Crippen molar-refractivity contribution < 1.29 is 4.79 Å². The van der Waals surface area contributed by atoms with Crippen LogP contribution in [0.4, 0.5) is 5.69 Å². The van der Waals surface area contributed by atoms with Crippen LogP contribution in [-0.4, -0.2) is 18.5 Å². The van der Waals surface area contributed by atoms with E-state index < -0.39 is 0 Å². The summed E-state index contributed by atoms with van der Waals surface area (Å²) in [7, 11) is 0. The Morgan fingerprint density at radius 1 is 1.37 bits per heavy atom. The van der Waals surface area contributed by atoms with Crippen molar-refractivity contribution in [3.05, 3.63) is 29.3 Å². The molecule has 1 aromatic carbocycles. The molecule has 0 bridgehead atoms. The van der Waals surface area contributed by atoms with E-state index in [9.17, 15) is 4.79 Å². The molecule has 1 aromatic rings. The van der Waals surface area contributed by atoms with E-state index in [1.54, 1.807) is 0 Å². The summed E-state index contributed by atoms with van der Waals surface area (Å²) < 4.78 is 0. The molecule has 3 heteroatoms. The number of carbonyl (C=O) groups is 1. The smallest absolute Gasteiger partial charge is 0.253 e. The van der Waals surface area contributed by atoms with Gasteiger partial charge in [0.2, 0.25) is 0 Å². The first-order chi connectivity index (χ1) is 9.11. The second kappa shape index (κ2) is 6.09. The largest absolute Gasteiger partial charge is 0.385 e. The maximum atomic E-state index is 12.4. The second-order valence-electron chi connectivity index (χ2n) is 5.57. The number of hydrogen-bond donors (Lipinski definition) is 2. The molecule has 19 heavy (non-hydrogen) atoms. The van der Waals surface area contributed by atoms with Gasteiger partial charge in [0.05, 0.1) is 5.56 Å². The quantitative estimate of drug-likeness (QED) is 0.871. The molecule has 2 unspecified atom stereocenters. The van der Waals surface area contributed by atoms with Crippen molar-refractivity contribution in [1.29, 1.82) is 0 Å². The lowest BCUT2D eigenvalue weighted by molar-refractivity contribution is 0.0930. The highest BCUT2D eigenvalue weighted by atomic mass is 16.1. The molecule has 0 radical (unpaired) electrons. The minimum Gasteiger partial charge on any atom is -0.385 e. The van der Waals surface area contributed by atoms with Crippen LogP contribution in [0.2, 0.25) is 0 Å². The van der Waals surface area contributed by atoms with Crippen molar-refractivity contribution in [2.75, 3.05) is 11.9 Å². The molecule has 2 rings (SSSR count). The van der Waals surface area contributed by atoms with E-state index in [1.165, 1.54) is 18.4 Å². The molecule has 1 fully saturated rings. The third-order valence-electron chi connectivity index (χ3n) is 3.96. The standard InChI is InChI=1S/C16H24N2O/c1-4-17-15-10-11(2)8-9-13(15)16(19)18-14-7-5-6-12(14)3/h8-10,12,14,17H,4-7H2,1-3H3,(H,18,19). The molecule has 0 aliphatic heterocycles. The van der Waals surface area contributed by atoms with E-state index >= 15 is 0 Å². The molecular formula is C16H24N2O. The van der Waals surface area contributed by atoms with Gasteiger partial charge in [0.1, 0.15) is 0 Å². The minimum absolute atomic E-state index is 0.0506. The van der Waals surface area contributed by atoms with E-state index in [2.05, 4.69) is 17.6 Å². The Morgan fingerprint density at radius 3 is 2.79 bits per heavy atom. The highest BCUT2D eigenvalue weighted by Gasteiger charge is 2.25. The van der Waals surface area contributed by atoms with Crippen LogP contribution >= 0.6 is 0 Å². The number of benzene rings is 1. The normalized spacial score (nSPS) is 22.3. The van der Waals surface area contributed by atoms with Crippen molar-refractivity contribution in [2.45, 2.75) is 46.1 Å². The van der Waals surface area contributed by atoms with Gasteiger partial charge in [0.25, 0.3) is 5.91 Å². The lowest BCUT2D eigenvalue weighted by Gasteiger charge is -2.19. The summed E-state index contributed by atoms with van der Waals surface area (Å²) in [4.78, 5) is 12.4. The second-order valence-corrected chi connectivity index (χ2v) is 5.57. The van der Waals surface area contributed by atoms with Gasteiger partial charge in [-0.2, -0.15) is 0 Å². The van der Waals surface area contributed by atoms with Gasteiger partial charge in [0, 0.05) is 18.3 Å². The molecule has 0 heterocycles. The van der Waals surface area contributed by atoms with Crippen LogP contribution in [0.1, 0.15) is 49.0 Å². The molecule has 1 aliphatic rings. The monoisotopic (exact) mass is 260 g/mol. The molecule has 1 amide bonds. The van der Waals surface area contributed by atoms with Crippen molar-refractivity contribution in [3.8, 4) is 0 Å². The van der Waals surface area contributed by atoms with Crippen LogP contribution < -0.4 is 10.6 Å². The topological polar surface area (TPSA) is 41.1 Å². The van der Waals surface area contributed by atoms with E-state index in [0.29, 0.717) is 12.0 Å². The first kappa shape index (κ1) is 13.9. The van der Waals surface area contributed by atoms with Crippen LogP contribution in [0.3, 0.4) is 0 Å². The zero-order valence-electron chi connectivity index (χ0n) is 12.1. The van der Waals surface area contributed by atoms with Gasteiger partial charge < -0.3 is 10.6 Å². The fraction of sp³-hybridized carbons (Fsp3) is 0.562. The fourth-order valence-corrected chi connectivity index (χ4v) is 2.80.